The SMILES string of the molecule is Cc1cc(C)c2c(c1)NC(C)C(CCN)S2(=O)=O. The van der Waals surface area contributed by atoms with Crippen molar-refractivity contribution in [1.29, 1.82) is 0 Å². The minimum atomic E-state index is -3.28. The van der Waals surface area contributed by atoms with Crippen molar-refractivity contribution in [2.24, 2.45) is 5.73 Å². The molecule has 1 aliphatic heterocycles. The van der Waals surface area contributed by atoms with Crippen molar-refractivity contribution >= 4 is 15.5 Å². The normalized spacial score (nSPS) is 25.3. The van der Waals surface area contributed by atoms with Crippen molar-refractivity contribution in [3.8, 4) is 0 Å². The van der Waals surface area contributed by atoms with Crippen LogP contribution in [-0.2, 0) is 9.84 Å². The van der Waals surface area contributed by atoms with Gasteiger partial charge in [-0.05, 0) is 50.9 Å². The quantitative estimate of drug-likeness (QED) is 0.854. The summed E-state index contributed by atoms with van der Waals surface area (Å²) >= 11 is 0. The number of sulfone groups is 1. The van der Waals surface area contributed by atoms with E-state index in [2.05, 4.69) is 5.32 Å². The largest absolute Gasteiger partial charge is 0.380 e. The Morgan fingerprint density at radius 1 is 1.33 bits per heavy atom. The van der Waals surface area contributed by atoms with Gasteiger partial charge in [0.15, 0.2) is 9.84 Å². The van der Waals surface area contributed by atoms with Gasteiger partial charge in [0, 0.05) is 6.04 Å². The van der Waals surface area contributed by atoms with Crippen molar-refractivity contribution in [3.05, 3.63) is 23.3 Å². The third-order valence-corrected chi connectivity index (χ3v) is 6.05. The molecule has 0 radical (unpaired) electrons. The number of anilines is 1. The maximum atomic E-state index is 12.6. The molecule has 4 nitrogen and oxygen atoms in total. The van der Waals surface area contributed by atoms with Crippen LogP contribution < -0.4 is 11.1 Å². The van der Waals surface area contributed by atoms with Crippen molar-refractivity contribution in [2.45, 2.75) is 43.4 Å². The van der Waals surface area contributed by atoms with Crippen LogP contribution in [0.4, 0.5) is 5.69 Å². The summed E-state index contributed by atoms with van der Waals surface area (Å²) in [6.07, 6.45) is 0.489. The Morgan fingerprint density at radius 2 is 2.00 bits per heavy atom. The van der Waals surface area contributed by atoms with Crippen molar-refractivity contribution in [2.75, 3.05) is 11.9 Å². The molecule has 0 fully saturated rings. The lowest BCUT2D eigenvalue weighted by atomic mass is 10.1. The van der Waals surface area contributed by atoms with E-state index < -0.39 is 15.1 Å². The summed E-state index contributed by atoms with van der Waals surface area (Å²) < 4.78 is 25.3. The van der Waals surface area contributed by atoms with E-state index in [9.17, 15) is 8.42 Å². The summed E-state index contributed by atoms with van der Waals surface area (Å²) in [6, 6.07) is 3.70. The molecule has 0 amide bonds. The Bertz CT molecular complexity index is 567. The third-order valence-electron chi connectivity index (χ3n) is 3.49. The van der Waals surface area contributed by atoms with Gasteiger partial charge in [-0.1, -0.05) is 6.07 Å². The molecule has 0 saturated carbocycles. The van der Waals surface area contributed by atoms with Crippen LogP contribution in [0.15, 0.2) is 17.0 Å². The van der Waals surface area contributed by atoms with E-state index in [0.29, 0.717) is 17.9 Å². The van der Waals surface area contributed by atoms with Gasteiger partial charge in [0.25, 0.3) is 0 Å². The van der Waals surface area contributed by atoms with Crippen LogP contribution in [0.2, 0.25) is 0 Å². The molecule has 1 heterocycles. The zero-order valence-electron chi connectivity index (χ0n) is 11.0. The van der Waals surface area contributed by atoms with Crippen LogP contribution in [0.25, 0.3) is 0 Å². The Morgan fingerprint density at radius 3 is 2.61 bits per heavy atom. The Hall–Kier alpha value is -1.07. The molecule has 2 atom stereocenters. The van der Waals surface area contributed by atoms with Gasteiger partial charge in [0.1, 0.15) is 0 Å². The second kappa shape index (κ2) is 4.55. The van der Waals surface area contributed by atoms with Crippen LogP contribution in [0.5, 0.6) is 0 Å². The standard InChI is InChI=1S/C13H20N2O2S/c1-8-6-9(2)13-11(7-8)15-10(3)12(4-5-14)18(13,16)17/h6-7,10,12,15H,4-5,14H2,1-3H3. The number of hydrogen-bond acceptors (Lipinski definition) is 4. The second-order valence-electron chi connectivity index (χ2n) is 5.05. The number of benzene rings is 1. The summed E-state index contributed by atoms with van der Waals surface area (Å²) in [5.74, 6) is 0. The maximum Gasteiger partial charge on any atom is 0.185 e. The Kier molecular flexibility index (Phi) is 3.38. The highest BCUT2D eigenvalue weighted by Gasteiger charge is 2.38. The van der Waals surface area contributed by atoms with Crippen molar-refractivity contribution < 1.29 is 8.42 Å². The number of nitrogens with two attached hydrogens (primary N) is 1. The van der Waals surface area contributed by atoms with Gasteiger partial charge in [-0.25, -0.2) is 8.42 Å². The molecule has 5 heteroatoms. The van der Waals surface area contributed by atoms with Gasteiger partial charge in [-0.15, -0.1) is 0 Å². The molecule has 2 rings (SSSR count). The van der Waals surface area contributed by atoms with Crippen LogP contribution in [0, 0.1) is 13.8 Å². The lowest BCUT2D eigenvalue weighted by molar-refractivity contribution is 0.547. The van der Waals surface area contributed by atoms with Crippen LogP contribution in [0.3, 0.4) is 0 Å². The molecule has 0 spiro atoms. The summed E-state index contributed by atoms with van der Waals surface area (Å²) in [5, 5.41) is 2.86. The first-order valence-electron chi connectivity index (χ1n) is 6.19. The molecule has 100 valence electrons. The number of fused-ring (bicyclic) bond motifs is 1. The van der Waals surface area contributed by atoms with E-state index in [1.165, 1.54) is 0 Å². The topological polar surface area (TPSA) is 72.2 Å². The smallest absolute Gasteiger partial charge is 0.185 e. The molecule has 1 aliphatic rings. The highest BCUT2D eigenvalue weighted by atomic mass is 32.2. The highest BCUT2D eigenvalue weighted by Crippen LogP contribution is 2.36. The van der Waals surface area contributed by atoms with Gasteiger partial charge in [0.2, 0.25) is 0 Å². The van der Waals surface area contributed by atoms with E-state index in [-0.39, 0.29) is 6.04 Å². The third kappa shape index (κ3) is 2.01. The van der Waals surface area contributed by atoms with Crippen LogP contribution in [-0.4, -0.2) is 26.3 Å². The number of hydrogen-bond donors (Lipinski definition) is 2. The lowest BCUT2D eigenvalue weighted by Crippen LogP contribution is -2.43. The molecular weight excluding hydrogens is 248 g/mol. The minimum Gasteiger partial charge on any atom is -0.380 e. The van der Waals surface area contributed by atoms with E-state index in [4.69, 9.17) is 5.73 Å². The Balaban J connectivity index is 2.63. The molecular formula is C13H20N2O2S. The van der Waals surface area contributed by atoms with Crippen molar-refractivity contribution in [3.63, 3.8) is 0 Å². The molecule has 0 saturated heterocycles. The van der Waals surface area contributed by atoms with Gasteiger partial charge in [0.05, 0.1) is 15.8 Å². The lowest BCUT2D eigenvalue weighted by Gasteiger charge is -2.33. The number of rotatable bonds is 2. The molecule has 0 aliphatic carbocycles. The van der Waals surface area contributed by atoms with Gasteiger partial charge in [-0.2, -0.15) is 0 Å². The molecule has 1 aromatic carbocycles. The fraction of sp³-hybridized carbons (Fsp3) is 0.538. The van der Waals surface area contributed by atoms with Crippen molar-refractivity contribution in [1.82, 2.24) is 0 Å². The highest BCUT2D eigenvalue weighted by molar-refractivity contribution is 7.92. The molecule has 2 unspecified atom stereocenters. The maximum absolute atomic E-state index is 12.6. The van der Waals surface area contributed by atoms with Crippen LogP contribution in [0.1, 0.15) is 24.5 Å². The Labute approximate surface area is 108 Å². The molecule has 0 aromatic heterocycles. The summed E-state index contributed by atoms with van der Waals surface area (Å²) in [5.41, 5.74) is 8.14. The summed E-state index contributed by atoms with van der Waals surface area (Å²) in [7, 11) is -3.28. The van der Waals surface area contributed by atoms with Crippen LogP contribution >= 0.6 is 0 Å². The summed E-state index contributed by atoms with van der Waals surface area (Å²) in [6.45, 7) is 6.10. The van der Waals surface area contributed by atoms with E-state index in [1.54, 1.807) is 0 Å². The minimum absolute atomic E-state index is 0.104. The predicted molar refractivity (Wildman–Crippen MR) is 73.6 cm³/mol. The van der Waals surface area contributed by atoms with E-state index >= 15 is 0 Å². The van der Waals surface area contributed by atoms with E-state index in [1.807, 2.05) is 32.9 Å². The molecule has 1 aromatic rings. The van der Waals surface area contributed by atoms with Gasteiger partial charge < -0.3 is 11.1 Å². The first-order chi connectivity index (χ1) is 8.37. The first kappa shape index (κ1) is 13.4. The number of nitrogens with one attached hydrogen (secondary N) is 1. The average Bonchev–Trinajstić information content (AvgIpc) is 2.22. The molecule has 0 bridgehead atoms. The average molecular weight is 268 g/mol. The van der Waals surface area contributed by atoms with E-state index in [0.717, 1.165) is 16.8 Å². The number of aryl methyl sites for hydroxylation is 2. The molecule has 18 heavy (non-hydrogen) atoms. The molecule has 3 N–H and O–H groups in total. The van der Waals surface area contributed by atoms with Gasteiger partial charge in [-0.3, -0.25) is 0 Å². The fourth-order valence-corrected chi connectivity index (χ4v) is 5.05. The monoisotopic (exact) mass is 268 g/mol. The summed E-state index contributed by atoms with van der Waals surface area (Å²) in [4.78, 5) is 0.449. The zero-order chi connectivity index (χ0) is 13.5. The predicted octanol–water partition coefficient (Wildman–Crippen LogP) is 1.61. The fourth-order valence-electron chi connectivity index (χ4n) is 2.77. The second-order valence-corrected chi connectivity index (χ2v) is 7.16. The zero-order valence-corrected chi connectivity index (χ0v) is 11.8. The first-order valence-corrected chi connectivity index (χ1v) is 7.74. The van der Waals surface area contributed by atoms with Gasteiger partial charge >= 0.3 is 0 Å².